The molecule has 0 radical (unpaired) electrons. The molecule has 0 spiro atoms. The van der Waals surface area contributed by atoms with Crippen LogP contribution in [-0.4, -0.2) is 17.3 Å². The van der Waals surface area contributed by atoms with Gasteiger partial charge >= 0.3 is 0 Å². The highest BCUT2D eigenvalue weighted by molar-refractivity contribution is 6.30. The summed E-state index contributed by atoms with van der Waals surface area (Å²) in [4.78, 5) is 11.3. The van der Waals surface area contributed by atoms with Gasteiger partial charge in [-0.1, -0.05) is 30.3 Å². The Kier molecular flexibility index (Phi) is 5.33. The van der Waals surface area contributed by atoms with E-state index in [9.17, 15) is 4.79 Å². The molecule has 0 aromatic heterocycles. The molecule has 0 aliphatic carbocycles. The minimum atomic E-state index is -0.459. The van der Waals surface area contributed by atoms with E-state index in [-0.39, 0.29) is 11.9 Å². The van der Waals surface area contributed by atoms with Crippen molar-refractivity contribution < 1.29 is 4.79 Å². The molecule has 2 nitrogen and oxygen atoms in total. The minimum absolute atomic E-state index is 0.0952. The van der Waals surface area contributed by atoms with Gasteiger partial charge < -0.3 is 5.32 Å². The molecular weight excluding hydrogens is 222 g/mol. The van der Waals surface area contributed by atoms with E-state index in [1.165, 1.54) is 5.56 Å². The summed E-state index contributed by atoms with van der Waals surface area (Å²) in [6.45, 7) is 3.68. The lowest BCUT2D eigenvalue weighted by Crippen LogP contribution is -2.37. The summed E-state index contributed by atoms with van der Waals surface area (Å²) in [5, 5.41) is 2.42. The third-order valence-corrected chi connectivity index (χ3v) is 2.66. The average Bonchev–Trinajstić information content (AvgIpc) is 2.27. The third-order valence-electron chi connectivity index (χ3n) is 2.46. The van der Waals surface area contributed by atoms with Crippen LogP contribution >= 0.6 is 11.6 Å². The number of alkyl halides is 1. The monoisotopic (exact) mass is 239 g/mol. The molecule has 0 aliphatic rings. The Morgan fingerprint density at radius 1 is 1.31 bits per heavy atom. The van der Waals surface area contributed by atoms with Crippen LogP contribution in [0, 0.1) is 0 Å². The summed E-state index contributed by atoms with van der Waals surface area (Å²) in [6, 6.07) is 10.4. The van der Waals surface area contributed by atoms with Gasteiger partial charge in [-0.05, 0) is 32.3 Å². The quantitative estimate of drug-likeness (QED) is 0.787. The summed E-state index contributed by atoms with van der Waals surface area (Å²) >= 11 is 5.68. The lowest BCUT2D eigenvalue weighted by Gasteiger charge is -2.14. The number of hydrogen-bond donors (Lipinski definition) is 1. The van der Waals surface area contributed by atoms with Crippen molar-refractivity contribution in [3.63, 3.8) is 0 Å². The van der Waals surface area contributed by atoms with Crippen molar-refractivity contribution in [2.24, 2.45) is 0 Å². The Morgan fingerprint density at radius 3 is 2.50 bits per heavy atom. The fourth-order valence-corrected chi connectivity index (χ4v) is 1.52. The van der Waals surface area contributed by atoms with Crippen LogP contribution in [0.3, 0.4) is 0 Å². The second kappa shape index (κ2) is 6.54. The molecule has 1 aromatic carbocycles. The number of carbonyl (C=O) groups is 1. The number of benzene rings is 1. The van der Waals surface area contributed by atoms with Crippen molar-refractivity contribution in [2.45, 2.75) is 38.1 Å². The number of nitrogens with one attached hydrogen (secondary N) is 1. The zero-order valence-electron chi connectivity index (χ0n) is 9.74. The van der Waals surface area contributed by atoms with Gasteiger partial charge in [0.15, 0.2) is 0 Å². The molecule has 0 unspecified atom stereocenters. The number of amides is 1. The lowest BCUT2D eigenvalue weighted by atomic mass is 10.1. The van der Waals surface area contributed by atoms with Gasteiger partial charge in [-0.2, -0.15) is 0 Å². The second-order valence-corrected chi connectivity index (χ2v) is 4.70. The Labute approximate surface area is 102 Å². The van der Waals surface area contributed by atoms with Crippen LogP contribution < -0.4 is 5.32 Å². The SMILES string of the molecule is C[C@H](CCc1ccccc1)NC(=O)[C@@H](C)Cl. The molecule has 88 valence electrons. The van der Waals surface area contributed by atoms with E-state index in [0.29, 0.717) is 0 Å². The summed E-state index contributed by atoms with van der Waals surface area (Å²) < 4.78 is 0. The zero-order valence-corrected chi connectivity index (χ0v) is 10.5. The first-order valence-corrected chi connectivity index (χ1v) is 6.01. The van der Waals surface area contributed by atoms with Crippen molar-refractivity contribution in [1.82, 2.24) is 5.32 Å². The van der Waals surface area contributed by atoms with Crippen LogP contribution in [0.1, 0.15) is 25.8 Å². The maximum Gasteiger partial charge on any atom is 0.237 e. The molecule has 0 bridgehead atoms. The number of hydrogen-bond acceptors (Lipinski definition) is 1. The normalized spacial score (nSPS) is 14.2. The topological polar surface area (TPSA) is 29.1 Å². The molecule has 1 amide bonds. The summed E-state index contributed by atoms with van der Waals surface area (Å²) in [6.07, 6.45) is 1.90. The van der Waals surface area contributed by atoms with Crippen molar-refractivity contribution >= 4 is 17.5 Å². The Bertz CT molecular complexity index is 324. The van der Waals surface area contributed by atoms with Crippen molar-refractivity contribution in [2.75, 3.05) is 0 Å². The smallest absolute Gasteiger partial charge is 0.237 e. The van der Waals surface area contributed by atoms with Crippen LogP contribution in [0.4, 0.5) is 0 Å². The highest BCUT2D eigenvalue weighted by Crippen LogP contribution is 2.05. The van der Waals surface area contributed by atoms with Gasteiger partial charge in [0.1, 0.15) is 5.38 Å². The van der Waals surface area contributed by atoms with Gasteiger partial charge in [0.05, 0.1) is 0 Å². The van der Waals surface area contributed by atoms with Gasteiger partial charge in [-0.15, -0.1) is 11.6 Å². The largest absolute Gasteiger partial charge is 0.352 e. The van der Waals surface area contributed by atoms with Crippen molar-refractivity contribution in [3.8, 4) is 0 Å². The van der Waals surface area contributed by atoms with Gasteiger partial charge in [-0.25, -0.2) is 0 Å². The molecule has 0 aliphatic heterocycles. The highest BCUT2D eigenvalue weighted by atomic mass is 35.5. The van der Waals surface area contributed by atoms with Gasteiger partial charge in [0.2, 0.25) is 5.91 Å². The molecule has 3 heteroatoms. The molecule has 1 rings (SSSR count). The first-order chi connectivity index (χ1) is 7.59. The maximum absolute atomic E-state index is 11.3. The van der Waals surface area contributed by atoms with E-state index in [1.54, 1.807) is 6.92 Å². The summed E-state index contributed by atoms with van der Waals surface area (Å²) in [5.41, 5.74) is 1.29. The summed E-state index contributed by atoms with van der Waals surface area (Å²) in [5.74, 6) is -0.0952. The Balaban J connectivity index is 2.30. The van der Waals surface area contributed by atoms with Crippen LogP contribution in [-0.2, 0) is 11.2 Å². The van der Waals surface area contributed by atoms with Crippen molar-refractivity contribution in [1.29, 1.82) is 0 Å². The molecule has 2 atom stereocenters. The van der Waals surface area contributed by atoms with E-state index in [2.05, 4.69) is 17.4 Å². The molecular formula is C13H18ClNO. The summed E-state index contributed by atoms with van der Waals surface area (Å²) in [7, 11) is 0. The van der Waals surface area contributed by atoms with E-state index in [0.717, 1.165) is 12.8 Å². The molecule has 0 saturated carbocycles. The number of halogens is 1. The average molecular weight is 240 g/mol. The number of carbonyl (C=O) groups excluding carboxylic acids is 1. The van der Waals surface area contributed by atoms with Gasteiger partial charge in [-0.3, -0.25) is 4.79 Å². The maximum atomic E-state index is 11.3. The van der Waals surface area contributed by atoms with Gasteiger partial charge in [0.25, 0.3) is 0 Å². The Morgan fingerprint density at radius 2 is 1.94 bits per heavy atom. The zero-order chi connectivity index (χ0) is 12.0. The predicted octanol–water partition coefficient (Wildman–Crippen LogP) is 2.75. The van der Waals surface area contributed by atoms with Crippen LogP contribution in [0.5, 0.6) is 0 Å². The predicted molar refractivity (Wildman–Crippen MR) is 67.7 cm³/mol. The van der Waals surface area contributed by atoms with E-state index in [4.69, 9.17) is 11.6 Å². The first-order valence-electron chi connectivity index (χ1n) is 5.58. The molecule has 16 heavy (non-hydrogen) atoms. The van der Waals surface area contributed by atoms with E-state index < -0.39 is 5.38 Å². The minimum Gasteiger partial charge on any atom is -0.352 e. The van der Waals surface area contributed by atoms with Crippen LogP contribution in [0.2, 0.25) is 0 Å². The third kappa shape index (κ3) is 4.67. The van der Waals surface area contributed by atoms with E-state index in [1.807, 2.05) is 25.1 Å². The standard InChI is InChI=1S/C13H18ClNO/c1-10(15-13(16)11(2)14)8-9-12-6-4-3-5-7-12/h3-7,10-11H,8-9H2,1-2H3,(H,15,16)/t10-,11-/m1/s1. The van der Waals surface area contributed by atoms with E-state index >= 15 is 0 Å². The lowest BCUT2D eigenvalue weighted by molar-refractivity contribution is -0.121. The molecule has 1 N–H and O–H groups in total. The fourth-order valence-electron chi connectivity index (χ4n) is 1.46. The first kappa shape index (κ1) is 13.0. The molecule has 0 saturated heterocycles. The highest BCUT2D eigenvalue weighted by Gasteiger charge is 2.11. The number of aryl methyl sites for hydroxylation is 1. The molecule has 1 aromatic rings. The molecule has 0 fully saturated rings. The Hall–Kier alpha value is -1.02. The van der Waals surface area contributed by atoms with Gasteiger partial charge in [0, 0.05) is 6.04 Å². The molecule has 0 heterocycles. The fraction of sp³-hybridized carbons (Fsp3) is 0.462. The van der Waals surface area contributed by atoms with Crippen LogP contribution in [0.15, 0.2) is 30.3 Å². The second-order valence-electron chi connectivity index (χ2n) is 4.05. The van der Waals surface area contributed by atoms with Crippen molar-refractivity contribution in [3.05, 3.63) is 35.9 Å². The number of rotatable bonds is 5. The van der Waals surface area contributed by atoms with Crippen LogP contribution in [0.25, 0.3) is 0 Å².